The first-order valence-electron chi connectivity index (χ1n) is 6.90. The maximum atomic E-state index is 12.2. The van der Waals surface area contributed by atoms with Crippen LogP contribution >= 0.6 is 0 Å². The molecule has 1 amide bonds. The highest BCUT2D eigenvalue weighted by molar-refractivity contribution is 5.92. The van der Waals surface area contributed by atoms with Gasteiger partial charge in [0.05, 0.1) is 11.4 Å². The molecule has 0 bridgehead atoms. The molecule has 0 saturated carbocycles. The Morgan fingerprint density at radius 1 is 1.43 bits per heavy atom. The molecule has 7 heteroatoms. The number of nitrogens with zero attached hydrogens (tertiary/aromatic N) is 3. The van der Waals surface area contributed by atoms with E-state index in [0.29, 0.717) is 5.69 Å². The topological polar surface area (TPSA) is 90.0 Å². The summed E-state index contributed by atoms with van der Waals surface area (Å²) < 4.78 is 6.16. The SMILES string of the molecule is Cc1cc(NC(=O)C(C)n2nc3c(cc2=O)CCC3)on1. The van der Waals surface area contributed by atoms with E-state index in [1.807, 2.05) is 0 Å². The smallest absolute Gasteiger partial charge is 0.267 e. The van der Waals surface area contributed by atoms with E-state index in [1.165, 1.54) is 4.68 Å². The molecule has 0 aliphatic heterocycles. The van der Waals surface area contributed by atoms with Gasteiger partial charge in [0.25, 0.3) is 11.5 Å². The second kappa shape index (κ2) is 5.16. The molecule has 21 heavy (non-hydrogen) atoms. The summed E-state index contributed by atoms with van der Waals surface area (Å²) in [6.45, 7) is 3.39. The molecule has 0 radical (unpaired) electrons. The van der Waals surface area contributed by atoms with Crippen molar-refractivity contribution in [2.75, 3.05) is 5.32 Å². The van der Waals surface area contributed by atoms with E-state index in [9.17, 15) is 9.59 Å². The van der Waals surface area contributed by atoms with E-state index in [-0.39, 0.29) is 17.4 Å². The van der Waals surface area contributed by atoms with Crippen molar-refractivity contribution < 1.29 is 9.32 Å². The standard InChI is InChI=1S/C14H16N4O3/c1-8-6-12(21-17-8)15-14(20)9(2)18-13(19)7-10-4-3-5-11(10)16-18/h6-7,9H,3-5H2,1-2H3,(H,15,20). The van der Waals surface area contributed by atoms with E-state index in [1.54, 1.807) is 26.0 Å². The third-order valence-electron chi connectivity index (χ3n) is 3.60. The molecule has 1 aliphatic rings. The quantitative estimate of drug-likeness (QED) is 0.917. The summed E-state index contributed by atoms with van der Waals surface area (Å²) >= 11 is 0. The minimum atomic E-state index is -0.714. The Morgan fingerprint density at radius 2 is 2.24 bits per heavy atom. The van der Waals surface area contributed by atoms with E-state index in [0.717, 1.165) is 30.5 Å². The fraction of sp³-hybridized carbons (Fsp3) is 0.429. The number of carbonyl (C=O) groups is 1. The van der Waals surface area contributed by atoms with Crippen LogP contribution in [0.15, 0.2) is 21.5 Å². The van der Waals surface area contributed by atoms with E-state index < -0.39 is 6.04 Å². The molecule has 2 aromatic heterocycles. The Labute approximate surface area is 120 Å². The van der Waals surface area contributed by atoms with Crippen molar-refractivity contribution >= 4 is 11.8 Å². The summed E-state index contributed by atoms with van der Waals surface area (Å²) in [5.74, 6) is -0.0998. The zero-order valence-corrected chi connectivity index (χ0v) is 11.9. The van der Waals surface area contributed by atoms with Gasteiger partial charge in [0.2, 0.25) is 5.88 Å². The Bertz CT molecular complexity index is 747. The highest BCUT2D eigenvalue weighted by Crippen LogP contribution is 2.18. The lowest BCUT2D eigenvalue weighted by Gasteiger charge is -2.13. The average molecular weight is 288 g/mol. The number of aryl methyl sites for hydroxylation is 3. The second-order valence-corrected chi connectivity index (χ2v) is 5.25. The first kappa shape index (κ1) is 13.5. The highest BCUT2D eigenvalue weighted by atomic mass is 16.5. The van der Waals surface area contributed by atoms with Gasteiger partial charge in [0, 0.05) is 12.1 Å². The number of carbonyl (C=O) groups excluding carboxylic acids is 1. The molecule has 1 N–H and O–H groups in total. The van der Waals surface area contributed by atoms with Crippen molar-refractivity contribution in [1.29, 1.82) is 0 Å². The Balaban J connectivity index is 1.83. The zero-order chi connectivity index (χ0) is 15.0. The van der Waals surface area contributed by atoms with Crippen molar-refractivity contribution in [3.8, 4) is 0 Å². The molecule has 0 fully saturated rings. The van der Waals surface area contributed by atoms with Gasteiger partial charge in [0.15, 0.2) is 0 Å². The third-order valence-corrected chi connectivity index (χ3v) is 3.60. The maximum Gasteiger partial charge on any atom is 0.267 e. The summed E-state index contributed by atoms with van der Waals surface area (Å²) in [6.07, 6.45) is 2.74. The molecule has 7 nitrogen and oxygen atoms in total. The number of fused-ring (bicyclic) bond motifs is 1. The summed E-state index contributed by atoms with van der Waals surface area (Å²) in [5.41, 5.74) is 2.32. The molecular formula is C14H16N4O3. The predicted octanol–water partition coefficient (Wildman–Crippen LogP) is 1.23. The maximum absolute atomic E-state index is 12.2. The lowest BCUT2D eigenvalue weighted by atomic mass is 10.2. The Hall–Kier alpha value is -2.44. The summed E-state index contributed by atoms with van der Waals surface area (Å²) in [7, 11) is 0. The number of rotatable bonds is 3. The van der Waals surface area contributed by atoms with Gasteiger partial charge in [-0.2, -0.15) is 5.10 Å². The summed E-state index contributed by atoms with van der Waals surface area (Å²) in [5, 5.41) is 10.6. The second-order valence-electron chi connectivity index (χ2n) is 5.25. The molecule has 2 heterocycles. The van der Waals surface area contributed by atoms with Crippen LogP contribution in [0.2, 0.25) is 0 Å². The minimum Gasteiger partial charge on any atom is -0.338 e. The van der Waals surface area contributed by atoms with Crippen LogP contribution in [0, 0.1) is 6.92 Å². The number of nitrogens with one attached hydrogen (secondary N) is 1. The van der Waals surface area contributed by atoms with Gasteiger partial charge in [-0.15, -0.1) is 0 Å². The van der Waals surface area contributed by atoms with Crippen LogP contribution in [-0.4, -0.2) is 20.8 Å². The molecule has 0 aromatic carbocycles. The monoisotopic (exact) mass is 288 g/mol. The van der Waals surface area contributed by atoms with Crippen molar-refractivity contribution in [3.63, 3.8) is 0 Å². The molecule has 110 valence electrons. The highest BCUT2D eigenvalue weighted by Gasteiger charge is 2.22. The molecular weight excluding hydrogens is 272 g/mol. The van der Waals surface area contributed by atoms with Crippen molar-refractivity contribution in [2.24, 2.45) is 0 Å². The fourth-order valence-electron chi connectivity index (χ4n) is 2.45. The van der Waals surface area contributed by atoms with Crippen LogP contribution < -0.4 is 10.9 Å². The van der Waals surface area contributed by atoms with Crippen molar-refractivity contribution in [2.45, 2.75) is 39.2 Å². The van der Waals surface area contributed by atoms with Crippen LogP contribution in [0.3, 0.4) is 0 Å². The van der Waals surface area contributed by atoms with Crippen LogP contribution in [0.5, 0.6) is 0 Å². The Kier molecular flexibility index (Phi) is 3.32. The number of hydrogen-bond donors (Lipinski definition) is 1. The minimum absolute atomic E-state index is 0.257. The van der Waals surface area contributed by atoms with E-state index >= 15 is 0 Å². The van der Waals surface area contributed by atoms with Crippen LogP contribution in [0.4, 0.5) is 5.88 Å². The van der Waals surface area contributed by atoms with Gasteiger partial charge in [-0.25, -0.2) is 4.68 Å². The summed E-state index contributed by atoms with van der Waals surface area (Å²) in [6, 6.07) is 2.48. The van der Waals surface area contributed by atoms with E-state index in [4.69, 9.17) is 4.52 Å². The first-order valence-corrected chi connectivity index (χ1v) is 6.90. The van der Waals surface area contributed by atoms with Crippen LogP contribution in [-0.2, 0) is 17.6 Å². The number of amides is 1. The number of aromatic nitrogens is 3. The van der Waals surface area contributed by atoms with Gasteiger partial charge in [-0.3, -0.25) is 14.9 Å². The van der Waals surface area contributed by atoms with Crippen molar-refractivity contribution in [1.82, 2.24) is 14.9 Å². The lowest BCUT2D eigenvalue weighted by molar-refractivity contribution is -0.119. The first-order chi connectivity index (χ1) is 10.0. The van der Waals surface area contributed by atoms with Gasteiger partial charge in [-0.1, -0.05) is 5.16 Å². The largest absolute Gasteiger partial charge is 0.338 e. The molecule has 1 atom stereocenters. The fourth-order valence-corrected chi connectivity index (χ4v) is 2.45. The number of hydrogen-bond acceptors (Lipinski definition) is 5. The zero-order valence-electron chi connectivity index (χ0n) is 11.9. The van der Waals surface area contributed by atoms with Crippen LogP contribution in [0.1, 0.15) is 36.3 Å². The van der Waals surface area contributed by atoms with Crippen LogP contribution in [0.25, 0.3) is 0 Å². The molecule has 1 aliphatic carbocycles. The number of anilines is 1. The molecule has 0 spiro atoms. The predicted molar refractivity (Wildman–Crippen MR) is 75.1 cm³/mol. The normalized spacial score (nSPS) is 14.8. The molecule has 2 aromatic rings. The molecule has 1 unspecified atom stereocenters. The summed E-state index contributed by atoms with van der Waals surface area (Å²) in [4.78, 5) is 24.2. The molecule has 0 saturated heterocycles. The van der Waals surface area contributed by atoms with E-state index in [2.05, 4.69) is 15.6 Å². The molecule has 3 rings (SSSR count). The Morgan fingerprint density at radius 3 is 2.95 bits per heavy atom. The van der Waals surface area contributed by atoms with Gasteiger partial charge >= 0.3 is 0 Å². The van der Waals surface area contributed by atoms with Gasteiger partial charge in [0.1, 0.15) is 6.04 Å². The van der Waals surface area contributed by atoms with Gasteiger partial charge in [-0.05, 0) is 38.7 Å². The average Bonchev–Trinajstić information content (AvgIpc) is 3.05. The third kappa shape index (κ3) is 2.58. The van der Waals surface area contributed by atoms with Gasteiger partial charge < -0.3 is 4.52 Å². The lowest BCUT2D eigenvalue weighted by Crippen LogP contribution is -2.33. The van der Waals surface area contributed by atoms with Crippen molar-refractivity contribution in [3.05, 3.63) is 39.4 Å².